The van der Waals surface area contributed by atoms with Crippen LogP contribution in [0.15, 0.2) is 24.3 Å². The van der Waals surface area contributed by atoms with Crippen molar-refractivity contribution in [2.45, 2.75) is 19.3 Å². The molecule has 0 bridgehead atoms. The van der Waals surface area contributed by atoms with Gasteiger partial charge in [-0.05, 0) is 37.0 Å². The van der Waals surface area contributed by atoms with Crippen LogP contribution in [0.25, 0.3) is 0 Å². The van der Waals surface area contributed by atoms with Crippen LogP contribution in [-0.4, -0.2) is 12.5 Å². The molecule has 0 saturated carbocycles. The van der Waals surface area contributed by atoms with Gasteiger partial charge in [0.15, 0.2) is 0 Å². The summed E-state index contributed by atoms with van der Waals surface area (Å²) in [6.45, 7) is 0.824. The molecule has 2 nitrogen and oxygen atoms in total. The van der Waals surface area contributed by atoms with Crippen molar-refractivity contribution >= 4 is 17.5 Å². The Morgan fingerprint density at radius 1 is 1.47 bits per heavy atom. The van der Waals surface area contributed by atoms with Crippen LogP contribution in [0.1, 0.15) is 18.4 Å². The van der Waals surface area contributed by atoms with E-state index in [1.54, 1.807) is 0 Å². The summed E-state index contributed by atoms with van der Waals surface area (Å²) in [6, 6.07) is 7.74. The van der Waals surface area contributed by atoms with Crippen molar-refractivity contribution in [3.05, 3.63) is 34.9 Å². The van der Waals surface area contributed by atoms with Crippen LogP contribution < -0.4 is 5.32 Å². The van der Waals surface area contributed by atoms with E-state index < -0.39 is 0 Å². The minimum atomic E-state index is 0.122. The lowest BCUT2D eigenvalue weighted by atomic mass is 9.92. The Morgan fingerprint density at radius 2 is 2.33 bits per heavy atom. The molecule has 1 aromatic carbocycles. The first-order chi connectivity index (χ1) is 7.25. The molecule has 2 rings (SSSR count). The first-order valence-electron chi connectivity index (χ1n) is 5.28. The number of piperidine rings is 1. The highest BCUT2D eigenvalue weighted by atomic mass is 35.5. The molecule has 1 amide bonds. The average Bonchev–Trinajstić information content (AvgIpc) is 2.22. The van der Waals surface area contributed by atoms with Crippen LogP contribution in [0.5, 0.6) is 0 Å². The van der Waals surface area contributed by atoms with E-state index in [-0.39, 0.29) is 11.8 Å². The molecule has 1 saturated heterocycles. The maximum atomic E-state index is 11.5. The summed E-state index contributed by atoms with van der Waals surface area (Å²) >= 11 is 5.90. The highest BCUT2D eigenvalue weighted by Crippen LogP contribution is 2.19. The van der Waals surface area contributed by atoms with Gasteiger partial charge in [-0.25, -0.2) is 0 Å². The minimum Gasteiger partial charge on any atom is -0.356 e. The molecule has 1 aliphatic heterocycles. The lowest BCUT2D eigenvalue weighted by molar-refractivity contribution is -0.126. The fourth-order valence-electron chi connectivity index (χ4n) is 1.98. The second kappa shape index (κ2) is 4.67. The lowest BCUT2D eigenvalue weighted by Gasteiger charge is -2.21. The van der Waals surface area contributed by atoms with E-state index in [1.165, 1.54) is 0 Å². The largest absolute Gasteiger partial charge is 0.356 e. The topological polar surface area (TPSA) is 29.1 Å². The van der Waals surface area contributed by atoms with E-state index >= 15 is 0 Å². The van der Waals surface area contributed by atoms with Crippen molar-refractivity contribution in [3.63, 3.8) is 0 Å². The van der Waals surface area contributed by atoms with Crippen molar-refractivity contribution in [2.75, 3.05) is 6.54 Å². The monoisotopic (exact) mass is 223 g/mol. The Balaban J connectivity index is 2.04. The number of hydrogen-bond donors (Lipinski definition) is 1. The van der Waals surface area contributed by atoms with Gasteiger partial charge >= 0.3 is 0 Å². The molecule has 1 heterocycles. The van der Waals surface area contributed by atoms with Gasteiger partial charge in [-0.1, -0.05) is 23.7 Å². The number of carbonyl (C=O) groups excluding carboxylic acids is 1. The molecular formula is C12H14ClNO. The van der Waals surface area contributed by atoms with Crippen LogP contribution in [0.4, 0.5) is 0 Å². The van der Waals surface area contributed by atoms with E-state index in [0.717, 1.165) is 36.4 Å². The minimum absolute atomic E-state index is 0.122. The van der Waals surface area contributed by atoms with Gasteiger partial charge in [0.05, 0.1) is 0 Å². The van der Waals surface area contributed by atoms with Gasteiger partial charge in [-0.15, -0.1) is 0 Å². The van der Waals surface area contributed by atoms with Crippen molar-refractivity contribution in [3.8, 4) is 0 Å². The molecule has 0 aliphatic carbocycles. The predicted octanol–water partition coefficient (Wildman–Crippen LogP) is 2.41. The predicted molar refractivity (Wildman–Crippen MR) is 60.9 cm³/mol. The standard InChI is InChI=1S/C12H14ClNO/c13-11-5-1-3-9(8-11)7-10-4-2-6-14-12(10)15/h1,3,5,8,10H,2,4,6-7H2,(H,14,15)/t10-/m1/s1. The molecule has 15 heavy (non-hydrogen) atoms. The summed E-state index contributed by atoms with van der Waals surface area (Å²) in [5, 5.41) is 3.63. The van der Waals surface area contributed by atoms with Gasteiger partial charge in [-0.2, -0.15) is 0 Å². The Kier molecular flexibility index (Phi) is 3.27. The first-order valence-corrected chi connectivity index (χ1v) is 5.65. The molecule has 1 aromatic rings. The van der Waals surface area contributed by atoms with Crippen LogP contribution in [0, 0.1) is 5.92 Å². The van der Waals surface area contributed by atoms with Gasteiger partial charge in [0.25, 0.3) is 0 Å². The van der Waals surface area contributed by atoms with Gasteiger partial charge in [-0.3, -0.25) is 4.79 Å². The zero-order valence-corrected chi connectivity index (χ0v) is 9.26. The summed E-state index contributed by atoms with van der Waals surface area (Å²) in [7, 11) is 0. The number of nitrogens with one attached hydrogen (secondary N) is 1. The normalized spacial score (nSPS) is 21.1. The zero-order valence-electron chi connectivity index (χ0n) is 8.50. The number of amides is 1. The van der Waals surface area contributed by atoms with Crippen molar-refractivity contribution in [1.29, 1.82) is 0 Å². The molecule has 1 N–H and O–H groups in total. The van der Waals surface area contributed by atoms with Gasteiger partial charge in [0.2, 0.25) is 5.91 Å². The highest BCUT2D eigenvalue weighted by Gasteiger charge is 2.21. The third-order valence-electron chi connectivity index (χ3n) is 2.77. The molecule has 0 spiro atoms. The van der Waals surface area contributed by atoms with Gasteiger partial charge < -0.3 is 5.32 Å². The quantitative estimate of drug-likeness (QED) is 0.820. The molecule has 1 fully saturated rings. The summed E-state index contributed by atoms with van der Waals surface area (Å²) in [6.07, 6.45) is 2.86. The van der Waals surface area contributed by atoms with Crippen molar-refractivity contribution in [2.24, 2.45) is 5.92 Å². The maximum Gasteiger partial charge on any atom is 0.223 e. The van der Waals surface area contributed by atoms with E-state index in [4.69, 9.17) is 11.6 Å². The average molecular weight is 224 g/mol. The maximum absolute atomic E-state index is 11.5. The van der Waals surface area contributed by atoms with Gasteiger partial charge in [0, 0.05) is 17.5 Å². The SMILES string of the molecule is O=C1NCCC[C@@H]1Cc1cccc(Cl)c1. The van der Waals surface area contributed by atoms with Gasteiger partial charge in [0.1, 0.15) is 0 Å². The van der Waals surface area contributed by atoms with Crippen LogP contribution in [0.3, 0.4) is 0 Å². The van der Waals surface area contributed by atoms with E-state index in [2.05, 4.69) is 5.32 Å². The molecule has 80 valence electrons. The molecule has 0 aromatic heterocycles. The van der Waals surface area contributed by atoms with E-state index in [0.29, 0.717) is 0 Å². The van der Waals surface area contributed by atoms with Crippen molar-refractivity contribution in [1.82, 2.24) is 5.32 Å². The van der Waals surface area contributed by atoms with Crippen LogP contribution in [0.2, 0.25) is 5.02 Å². The smallest absolute Gasteiger partial charge is 0.223 e. The Bertz CT molecular complexity index is 364. The number of carbonyl (C=O) groups is 1. The molecule has 0 unspecified atom stereocenters. The van der Waals surface area contributed by atoms with E-state index in [9.17, 15) is 4.79 Å². The third-order valence-corrected chi connectivity index (χ3v) is 3.01. The third kappa shape index (κ3) is 2.72. The molecule has 1 atom stereocenters. The fourth-order valence-corrected chi connectivity index (χ4v) is 2.19. The Hall–Kier alpha value is -1.02. The lowest BCUT2D eigenvalue weighted by Crippen LogP contribution is -2.37. The first kappa shape index (κ1) is 10.5. The number of hydrogen-bond acceptors (Lipinski definition) is 1. The summed E-state index contributed by atoms with van der Waals surface area (Å²) < 4.78 is 0. The van der Waals surface area contributed by atoms with Crippen LogP contribution >= 0.6 is 11.6 Å². The molecule has 1 aliphatic rings. The number of rotatable bonds is 2. The summed E-state index contributed by atoms with van der Waals surface area (Å²) in [5.74, 6) is 0.304. The molecular weight excluding hydrogens is 210 g/mol. The highest BCUT2D eigenvalue weighted by molar-refractivity contribution is 6.30. The zero-order chi connectivity index (χ0) is 10.7. The Morgan fingerprint density at radius 3 is 3.07 bits per heavy atom. The van der Waals surface area contributed by atoms with Crippen molar-refractivity contribution < 1.29 is 4.79 Å². The number of benzene rings is 1. The van der Waals surface area contributed by atoms with Crippen LogP contribution in [-0.2, 0) is 11.2 Å². The molecule has 0 radical (unpaired) electrons. The fraction of sp³-hybridized carbons (Fsp3) is 0.417. The second-order valence-corrected chi connectivity index (χ2v) is 4.40. The Labute approximate surface area is 94.6 Å². The number of halogens is 1. The summed E-state index contributed by atoms with van der Waals surface area (Å²) in [4.78, 5) is 11.5. The second-order valence-electron chi connectivity index (χ2n) is 3.96. The van der Waals surface area contributed by atoms with E-state index in [1.807, 2.05) is 24.3 Å². The summed E-state index contributed by atoms with van der Waals surface area (Å²) in [5.41, 5.74) is 1.14. The molecule has 3 heteroatoms.